The van der Waals surface area contributed by atoms with Gasteiger partial charge >= 0.3 is 0 Å². The average molecular weight is 389 g/mol. The third-order valence-corrected chi connectivity index (χ3v) is 5.20. The zero-order valence-corrected chi connectivity index (χ0v) is 16.5. The summed E-state index contributed by atoms with van der Waals surface area (Å²) in [4.78, 5) is 15.9. The van der Waals surface area contributed by atoms with Gasteiger partial charge in [0.1, 0.15) is 5.75 Å². The highest BCUT2D eigenvalue weighted by Crippen LogP contribution is 2.20. The van der Waals surface area contributed by atoms with Gasteiger partial charge in [-0.2, -0.15) is 0 Å². The number of benzene rings is 2. The molecule has 6 heteroatoms. The van der Waals surface area contributed by atoms with Crippen molar-refractivity contribution < 1.29 is 14.4 Å². The number of rotatable bonds is 7. The number of carbonyl (C=O) groups is 1. The molecule has 0 bridgehead atoms. The molecule has 1 heterocycles. The minimum absolute atomic E-state index is 0.119. The lowest BCUT2D eigenvalue weighted by atomic mass is 10.1. The van der Waals surface area contributed by atoms with E-state index in [0.29, 0.717) is 13.1 Å². The third kappa shape index (κ3) is 5.88. The van der Waals surface area contributed by atoms with Crippen LogP contribution in [0.1, 0.15) is 5.56 Å². The van der Waals surface area contributed by atoms with Crippen LogP contribution in [0.25, 0.3) is 0 Å². The van der Waals surface area contributed by atoms with E-state index >= 15 is 0 Å². The van der Waals surface area contributed by atoms with Gasteiger partial charge in [0.15, 0.2) is 6.54 Å². The number of methoxy groups -OCH3 is 1. The van der Waals surface area contributed by atoms with Crippen molar-refractivity contribution in [2.24, 2.45) is 0 Å². The first kappa shape index (κ1) is 19.5. The smallest absolute Gasteiger partial charge is 0.275 e. The van der Waals surface area contributed by atoms with Crippen LogP contribution < -0.4 is 19.9 Å². The Morgan fingerprint density at radius 2 is 1.93 bits per heavy atom. The third-order valence-electron chi connectivity index (χ3n) is 4.95. The minimum Gasteiger partial charge on any atom is -0.497 e. The maximum Gasteiger partial charge on any atom is 0.275 e. The van der Waals surface area contributed by atoms with Crippen molar-refractivity contribution in [3.63, 3.8) is 0 Å². The number of amides is 1. The fourth-order valence-electron chi connectivity index (χ4n) is 3.35. The summed E-state index contributed by atoms with van der Waals surface area (Å²) >= 11 is 5.89. The summed E-state index contributed by atoms with van der Waals surface area (Å²) in [6.07, 6.45) is 0.821. The van der Waals surface area contributed by atoms with Gasteiger partial charge in [0.25, 0.3) is 5.91 Å². The monoisotopic (exact) mass is 388 g/mol. The molecule has 2 aromatic carbocycles. The van der Waals surface area contributed by atoms with Crippen LogP contribution in [-0.4, -0.2) is 52.3 Å². The lowest BCUT2D eigenvalue weighted by Crippen LogP contribution is -3.16. The molecule has 0 aliphatic carbocycles. The normalized spacial score (nSPS) is 14.8. The van der Waals surface area contributed by atoms with E-state index in [4.69, 9.17) is 16.3 Å². The van der Waals surface area contributed by atoms with Crippen molar-refractivity contribution in [1.29, 1.82) is 0 Å². The highest BCUT2D eigenvalue weighted by atomic mass is 35.5. The molecule has 1 amide bonds. The number of nitrogens with zero attached hydrogens (tertiary/aromatic N) is 1. The van der Waals surface area contributed by atoms with E-state index < -0.39 is 0 Å². The summed E-state index contributed by atoms with van der Waals surface area (Å²) < 4.78 is 5.30. The lowest BCUT2D eigenvalue weighted by molar-refractivity contribution is -0.892. The largest absolute Gasteiger partial charge is 0.497 e. The summed E-state index contributed by atoms with van der Waals surface area (Å²) in [6.45, 7) is 5.00. The van der Waals surface area contributed by atoms with Crippen LogP contribution in [0.5, 0.6) is 5.75 Å². The number of hydrogen-bond acceptors (Lipinski definition) is 3. The molecule has 27 heavy (non-hydrogen) atoms. The molecular weight excluding hydrogens is 362 g/mol. The molecule has 0 spiro atoms. The van der Waals surface area contributed by atoms with E-state index in [2.05, 4.69) is 22.3 Å². The van der Waals surface area contributed by atoms with Gasteiger partial charge in [-0.05, 0) is 36.2 Å². The number of quaternary nitrogens is 1. The first-order chi connectivity index (χ1) is 13.1. The molecule has 0 atom stereocenters. The second-order valence-electron chi connectivity index (χ2n) is 6.84. The quantitative estimate of drug-likeness (QED) is 0.754. The zero-order valence-electron chi connectivity index (χ0n) is 15.7. The maximum atomic E-state index is 12.2. The Hall–Kier alpha value is -2.24. The lowest BCUT2D eigenvalue weighted by Gasteiger charge is -2.33. The van der Waals surface area contributed by atoms with Crippen molar-refractivity contribution in [1.82, 2.24) is 5.32 Å². The molecule has 0 unspecified atom stereocenters. The van der Waals surface area contributed by atoms with E-state index in [9.17, 15) is 4.79 Å². The van der Waals surface area contributed by atoms with Crippen LogP contribution in [-0.2, 0) is 11.2 Å². The Bertz CT molecular complexity index is 743. The van der Waals surface area contributed by atoms with E-state index in [1.807, 2.05) is 36.4 Å². The van der Waals surface area contributed by atoms with E-state index in [1.54, 1.807) is 7.11 Å². The second kappa shape index (κ2) is 9.62. The number of anilines is 1. The first-order valence-electron chi connectivity index (χ1n) is 9.38. The van der Waals surface area contributed by atoms with Gasteiger partial charge in [0.2, 0.25) is 0 Å². The van der Waals surface area contributed by atoms with Crippen molar-refractivity contribution >= 4 is 23.2 Å². The predicted molar refractivity (Wildman–Crippen MR) is 109 cm³/mol. The topological polar surface area (TPSA) is 46.0 Å². The van der Waals surface area contributed by atoms with Gasteiger partial charge in [-0.25, -0.2) is 0 Å². The molecule has 1 fully saturated rings. The SMILES string of the molecule is COc1cccc(N2CC[NH+](CC(=O)NCCc3ccc(Cl)cc3)CC2)c1. The number of nitrogens with one attached hydrogen (secondary N) is 2. The summed E-state index contributed by atoms with van der Waals surface area (Å²) in [5, 5.41) is 3.76. The van der Waals surface area contributed by atoms with Crippen molar-refractivity contribution in [2.75, 3.05) is 51.3 Å². The molecule has 1 aliphatic heterocycles. The number of halogens is 1. The van der Waals surface area contributed by atoms with Crippen LogP contribution in [0.4, 0.5) is 5.69 Å². The van der Waals surface area contributed by atoms with E-state index in [1.165, 1.54) is 16.2 Å². The first-order valence-corrected chi connectivity index (χ1v) is 9.75. The Labute approximate surface area is 165 Å². The van der Waals surface area contributed by atoms with Crippen LogP contribution in [0.15, 0.2) is 48.5 Å². The van der Waals surface area contributed by atoms with Crippen molar-refractivity contribution in [2.45, 2.75) is 6.42 Å². The molecule has 0 saturated carbocycles. The average Bonchev–Trinajstić information content (AvgIpc) is 2.70. The van der Waals surface area contributed by atoms with Crippen molar-refractivity contribution in [3.8, 4) is 5.75 Å². The highest BCUT2D eigenvalue weighted by molar-refractivity contribution is 6.30. The maximum absolute atomic E-state index is 12.2. The number of carbonyl (C=O) groups excluding carboxylic acids is 1. The van der Waals surface area contributed by atoms with Crippen LogP contribution in [0.2, 0.25) is 5.02 Å². The Kier molecular flexibility index (Phi) is 6.96. The molecule has 2 aromatic rings. The minimum atomic E-state index is 0.119. The van der Waals surface area contributed by atoms with Gasteiger partial charge in [-0.1, -0.05) is 29.8 Å². The summed E-state index contributed by atoms with van der Waals surface area (Å²) in [5.41, 5.74) is 2.36. The fourth-order valence-corrected chi connectivity index (χ4v) is 3.48. The summed E-state index contributed by atoms with van der Waals surface area (Å²) in [7, 11) is 1.69. The van der Waals surface area contributed by atoms with Crippen LogP contribution >= 0.6 is 11.6 Å². The molecule has 1 aliphatic rings. The fraction of sp³-hybridized carbons (Fsp3) is 0.381. The predicted octanol–water partition coefficient (Wildman–Crippen LogP) is 1.41. The van der Waals surface area contributed by atoms with E-state index in [0.717, 1.165) is 43.4 Å². The Morgan fingerprint density at radius 3 is 2.63 bits per heavy atom. The Morgan fingerprint density at radius 1 is 1.19 bits per heavy atom. The zero-order chi connectivity index (χ0) is 19.1. The number of piperazine rings is 1. The number of hydrogen-bond donors (Lipinski definition) is 2. The molecule has 144 valence electrons. The molecule has 0 radical (unpaired) electrons. The summed E-state index contributed by atoms with van der Waals surface area (Å²) in [6, 6.07) is 15.9. The molecule has 0 aromatic heterocycles. The van der Waals surface area contributed by atoms with Crippen LogP contribution in [0.3, 0.4) is 0 Å². The van der Waals surface area contributed by atoms with Gasteiger partial charge in [0, 0.05) is 23.3 Å². The van der Waals surface area contributed by atoms with E-state index in [-0.39, 0.29) is 5.91 Å². The Balaban J connectivity index is 1.38. The molecule has 1 saturated heterocycles. The highest BCUT2D eigenvalue weighted by Gasteiger charge is 2.22. The van der Waals surface area contributed by atoms with Gasteiger partial charge in [-0.3, -0.25) is 4.79 Å². The van der Waals surface area contributed by atoms with Crippen LogP contribution in [0, 0.1) is 0 Å². The van der Waals surface area contributed by atoms with Gasteiger partial charge < -0.3 is 19.9 Å². The molecule has 3 rings (SSSR count). The van der Waals surface area contributed by atoms with Crippen molar-refractivity contribution in [3.05, 3.63) is 59.1 Å². The van der Waals surface area contributed by atoms with Gasteiger partial charge in [0.05, 0.1) is 33.3 Å². The van der Waals surface area contributed by atoms with Gasteiger partial charge in [-0.15, -0.1) is 0 Å². The molecular formula is C21H27ClN3O2+. The number of ether oxygens (including phenoxy) is 1. The molecule has 2 N–H and O–H groups in total. The molecule has 5 nitrogen and oxygen atoms in total. The standard InChI is InChI=1S/C21H26ClN3O2/c1-27-20-4-2-3-19(15-20)25-13-11-24(12-14-25)16-21(26)23-10-9-17-5-7-18(22)8-6-17/h2-8,15H,9-14,16H2,1H3,(H,23,26)/p+1. The summed E-state index contributed by atoms with van der Waals surface area (Å²) in [5.74, 6) is 0.996. The second-order valence-corrected chi connectivity index (χ2v) is 7.28.